The van der Waals surface area contributed by atoms with E-state index < -0.39 is 0 Å². The zero-order valence-corrected chi connectivity index (χ0v) is 18.0. The van der Waals surface area contributed by atoms with Gasteiger partial charge in [0.05, 0.1) is 0 Å². The van der Waals surface area contributed by atoms with E-state index in [1.807, 2.05) is 18.2 Å². The first kappa shape index (κ1) is 22.0. The molecular weight excluding hydrogens is 376 g/mol. The minimum absolute atomic E-state index is 0.0303. The van der Waals surface area contributed by atoms with Crippen LogP contribution in [0.2, 0.25) is 0 Å². The van der Waals surface area contributed by atoms with Gasteiger partial charge in [-0.1, -0.05) is 56.0 Å². The number of benzene rings is 2. The van der Waals surface area contributed by atoms with Gasteiger partial charge in [-0.2, -0.15) is 0 Å². The van der Waals surface area contributed by atoms with E-state index in [0.29, 0.717) is 23.4 Å². The van der Waals surface area contributed by atoms with Crippen LogP contribution in [0, 0.1) is 0 Å². The van der Waals surface area contributed by atoms with Crippen molar-refractivity contribution in [2.24, 2.45) is 0 Å². The van der Waals surface area contributed by atoms with Gasteiger partial charge < -0.3 is 15.0 Å². The Morgan fingerprint density at radius 1 is 0.900 bits per heavy atom. The number of ether oxygens (including phenoxy) is 1. The maximum Gasteiger partial charge on any atom is 0.258 e. The van der Waals surface area contributed by atoms with Crippen molar-refractivity contribution < 1.29 is 14.3 Å². The SMILES string of the molecule is CN(C)C1(CNC(=O)COc2ccc(C(=O)c3ccccc3)cc2)CCCCCC1. The average Bonchev–Trinajstić information content (AvgIpc) is 3.03. The number of carbonyl (C=O) groups is 2. The summed E-state index contributed by atoms with van der Waals surface area (Å²) in [6, 6.07) is 16.1. The van der Waals surface area contributed by atoms with Gasteiger partial charge in [0.25, 0.3) is 5.91 Å². The molecule has 3 rings (SSSR count). The van der Waals surface area contributed by atoms with Gasteiger partial charge in [-0.25, -0.2) is 0 Å². The fourth-order valence-electron chi connectivity index (χ4n) is 4.09. The van der Waals surface area contributed by atoms with Crippen molar-refractivity contribution in [3.8, 4) is 5.75 Å². The van der Waals surface area contributed by atoms with Crippen LogP contribution in [0.1, 0.15) is 54.4 Å². The van der Waals surface area contributed by atoms with Gasteiger partial charge in [0.15, 0.2) is 12.4 Å². The van der Waals surface area contributed by atoms with E-state index >= 15 is 0 Å². The fourth-order valence-corrected chi connectivity index (χ4v) is 4.09. The second kappa shape index (κ2) is 10.4. The topological polar surface area (TPSA) is 58.6 Å². The third-order valence-corrected chi connectivity index (χ3v) is 6.12. The molecule has 0 unspecified atom stereocenters. The van der Waals surface area contributed by atoms with Gasteiger partial charge in [0, 0.05) is 23.2 Å². The second-order valence-electron chi connectivity index (χ2n) is 8.32. The molecule has 30 heavy (non-hydrogen) atoms. The van der Waals surface area contributed by atoms with Gasteiger partial charge >= 0.3 is 0 Å². The van der Waals surface area contributed by atoms with E-state index in [1.165, 1.54) is 25.7 Å². The first-order valence-corrected chi connectivity index (χ1v) is 10.8. The van der Waals surface area contributed by atoms with Gasteiger partial charge in [-0.15, -0.1) is 0 Å². The number of hydrogen-bond donors (Lipinski definition) is 1. The third kappa shape index (κ3) is 5.70. The molecule has 160 valence electrons. The highest BCUT2D eigenvalue weighted by atomic mass is 16.5. The summed E-state index contributed by atoms with van der Waals surface area (Å²) in [7, 11) is 4.21. The van der Waals surface area contributed by atoms with Gasteiger partial charge in [0.2, 0.25) is 0 Å². The van der Waals surface area contributed by atoms with E-state index in [0.717, 1.165) is 12.8 Å². The molecule has 0 aliphatic heterocycles. The summed E-state index contributed by atoms with van der Waals surface area (Å²) in [6.45, 7) is 0.613. The maximum absolute atomic E-state index is 12.5. The van der Waals surface area contributed by atoms with Crippen LogP contribution in [0.3, 0.4) is 0 Å². The van der Waals surface area contributed by atoms with Crippen LogP contribution >= 0.6 is 0 Å². The summed E-state index contributed by atoms with van der Waals surface area (Å²) >= 11 is 0. The molecule has 1 aliphatic rings. The number of carbonyl (C=O) groups excluding carboxylic acids is 2. The van der Waals surface area contributed by atoms with Crippen molar-refractivity contribution in [2.75, 3.05) is 27.2 Å². The van der Waals surface area contributed by atoms with Gasteiger partial charge in [-0.05, 0) is 51.2 Å². The molecule has 1 saturated carbocycles. The minimum atomic E-state index is -0.120. The molecule has 0 heterocycles. The molecule has 0 aromatic heterocycles. The van der Waals surface area contributed by atoms with Crippen LogP contribution in [-0.4, -0.2) is 49.4 Å². The molecule has 0 spiro atoms. The van der Waals surface area contributed by atoms with Crippen LogP contribution in [0.15, 0.2) is 54.6 Å². The van der Waals surface area contributed by atoms with E-state index in [1.54, 1.807) is 36.4 Å². The molecule has 0 atom stereocenters. The molecule has 1 aliphatic carbocycles. The highest BCUT2D eigenvalue weighted by Gasteiger charge is 2.33. The molecule has 2 aromatic rings. The zero-order chi connectivity index (χ0) is 21.4. The normalized spacial score (nSPS) is 16.0. The Labute approximate surface area is 179 Å². The molecule has 1 fully saturated rings. The molecule has 0 radical (unpaired) electrons. The molecule has 1 amide bonds. The monoisotopic (exact) mass is 408 g/mol. The quantitative estimate of drug-likeness (QED) is 0.528. The number of likely N-dealkylation sites (N-methyl/N-ethyl adjacent to an activating group) is 1. The van der Waals surface area contributed by atoms with E-state index in [4.69, 9.17) is 4.74 Å². The van der Waals surface area contributed by atoms with Crippen LogP contribution in [-0.2, 0) is 4.79 Å². The number of ketones is 1. The highest BCUT2D eigenvalue weighted by molar-refractivity contribution is 6.08. The number of rotatable bonds is 8. The lowest BCUT2D eigenvalue weighted by Gasteiger charge is -2.39. The second-order valence-corrected chi connectivity index (χ2v) is 8.32. The standard InChI is InChI=1S/C25H32N2O3/c1-27(2)25(16-8-3-4-9-17-25)19-26-23(28)18-30-22-14-12-21(13-15-22)24(29)20-10-6-5-7-11-20/h5-7,10-15H,3-4,8-9,16-19H2,1-2H3,(H,26,28). The summed E-state index contributed by atoms with van der Waals surface area (Å²) in [6.07, 6.45) is 7.18. The van der Waals surface area contributed by atoms with E-state index in [2.05, 4.69) is 24.3 Å². The van der Waals surface area contributed by atoms with Gasteiger partial charge in [0.1, 0.15) is 5.75 Å². The van der Waals surface area contributed by atoms with Crippen molar-refractivity contribution in [3.63, 3.8) is 0 Å². The molecule has 5 heteroatoms. The predicted molar refractivity (Wildman–Crippen MR) is 119 cm³/mol. The summed E-state index contributed by atoms with van der Waals surface area (Å²) in [4.78, 5) is 27.1. The van der Waals surface area contributed by atoms with Crippen LogP contribution in [0.25, 0.3) is 0 Å². The number of nitrogens with one attached hydrogen (secondary N) is 1. The van der Waals surface area contributed by atoms with E-state index in [9.17, 15) is 9.59 Å². The summed E-state index contributed by atoms with van der Waals surface area (Å²) in [5.74, 6) is 0.425. The smallest absolute Gasteiger partial charge is 0.258 e. The summed E-state index contributed by atoms with van der Waals surface area (Å²) < 4.78 is 5.63. The molecule has 2 aromatic carbocycles. The first-order valence-electron chi connectivity index (χ1n) is 10.8. The lowest BCUT2D eigenvalue weighted by Crippen LogP contribution is -2.53. The Morgan fingerprint density at radius 2 is 1.50 bits per heavy atom. The molecular formula is C25H32N2O3. The molecule has 1 N–H and O–H groups in total. The van der Waals surface area contributed by atoms with Crippen molar-refractivity contribution in [3.05, 3.63) is 65.7 Å². The van der Waals surface area contributed by atoms with Crippen molar-refractivity contribution in [1.29, 1.82) is 0 Å². The van der Waals surface area contributed by atoms with Crippen molar-refractivity contribution in [1.82, 2.24) is 10.2 Å². The molecule has 0 bridgehead atoms. The molecule has 0 saturated heterocycles. The number of amides is 1. The van der Waals surface area contributed by atoms with Crippen LogP contribution < -0.4 is 10.1 Å². The van der Waals surface area contributed by atoms with Crippen LogP contribution in [0.4, 0.5) is 0 Å². The minimum Gasteiger partial charge on any atom is -0.484 e. The Kier molecular flexibility index (Phi) is 7.63. The lowest BCUT2D eigenvalue weighted by molar-refractivity contribution is -0.123. The Morgan fingerprint density at radius 3 is 2.10 bits per heavy atom. The largest absolute Gasteiger partial charge is 0.484 e. The first-order chi connectivity index (χ1) is 14.5. The van der Waals surface area contributed by atoms with Crippen molar-refractivity contribution >= 4 is 11.7 Å². The predicted octanol–water partition coefficient (Wildman–Crippen LogP) is 4.07. The zero-order valence-electron chi connectivity index (χ0n) is 18.0. The Hall–Kier alpha value is -2.66. The lowest BCUT2D eigenvalue weighted by atomic mass is 9.88. The third-order valence-electron chi connectivity index (χ3n) is 6.12. The molecule has 5 nitrogen and oxygen atoms in total. The number of nitrogens with zero attached hydrogens (tertiary/aromatic N) is 1. The van der Waals surface area contributed by atoms with Crippen LogP contribution in [0.5, 0.6) is 5.75 Å². The average molecular weight is 409 g/mol. The Balaban J connectivity index is 1.50. The number of hydrogen-bond acceptors (Lipinski definition) is 4. The maximum atomic E-state index is 12.5. The van der Waals surface area contributed by atoms with Gasteiger partial charge in [-0.3, -0.25) is 9.59 Å². The Bertz CT molecular complexity index is 823. The highest BCUT2D eigenvalue weighted by Crippen LogP contribution is 2.30. The van der Waals surface area contributed by atoms with Crippen molar-refractivity contribution in [2.45, 2.75) is 44.1 Å². The van der Waals surface area contributed by atoms with E-state index in [-0.39, 0.29) is 23.8 Å². The summed E-state index contributed by atoms with van der Waals surface area (Å²) in [5, 5.41) is 3.06. The fraction of sp³-hybridized carbons (Fsp3) is 0.440. The summed E-state index contributed by atoms with van der Waals surface area (Å²) in [5.41, 5.74) is 1.28.